The van der Waals surface area contributed by atoms with Gasteiger partial charge in [-0.3, -0.25) is 14.6 Å². The molecule has 1 aromatic carbocycles. The largest absolute Gasteiger partial charge is 0.480 e. The van der Waals surface area contributed by atoms with Crippen molar-refractivity contribution >= 4 is 23.8 Å². The summed E-state index contributed by atoms with van der Waals surface area (Å²) in [5.74, 6) is 0.343. The number of anilines is 2. The second-order valence-corrected chi connectivity index (χ2v) is 5.12. The van der Waals surface area contributed by atoms with Gasteiger partial charge < -0.3 is 21.1 Å². The Labute approximate surface area is 151 Å². The van der Waals surface area contributed by atoms with Crippen molar-refractivity contribution in [2.45, 2.75) is 19.8 Å². The molecule has 0 spiro atoms. The van der Waals surface area contributed by atoms with Crippen molar-refractivity contribution in [2.75, 3.05) is 25.2 Å². The highest BCUT2D eigenvalue weighted by atomic mass is 19.1. The zero-order chi connectivity index (χ0) is 19.5. The van der Waals surface area contributed by atoms with Gasteiger partial charge in [0.2, 0.25) is 18.2 Å². The van der Waals surface area contributed by atoms with Crippen LogP contribution < -0.4 is 21.1 Å². The Hall–Kier alpha value is -3.23. The van der Waals surface area contributed by atoms with E-state index >= 15 is 0 Å². The predicted molar refractivity (Wildman–Crippen MR) is 96.2 cm³/mol. The third-order valence-electron chi connectivity index (χ3n) is 3.35. The van der Waals surface area contributed by atoms with Crippen molar-refractivity contribution < 1.29 is 18.7 Å². The molecule has 0 bridgehead atoms. The minimum absolute atomic E-state index is 0.145. The maximum absolute atomic E-state index is 13.3. The fourth-order valence-corrected chi connectivity index (χ4v) is 1.84. The van der Waals surface area contributed by atoms with E-state index in [0.29, 0.717) is 35.8 Å². The normalized spacial score (nSPS) is 9.54. The van der Waals surface area contributed by atoms with Crippen molar-refractivity contribution in [2.24, 2.45) is 0 Å². The summed E-state index contributed by atoms with van der Waals surface area (Å²) in [6.07, 6.45) is 2.58. The number of halogens is 1. The van der Waals surface area contributed by atoms with E-state index in [2.05, 4.69) is 20.6 Å². The highest BCUT2D eigenvalue weighted by molar-refractivity contribution is 5.76. The number of hydrogen-bond donors (Lipinski definition) is 3. The van der Waals surface area contributed by atoms with Gasteiger partial charge in [0.25, 0.3) is 0 Å². The number of hydrogen-bond acceptors (Lipinski definition) is 6. The highest BCUT2D eigenvalue weighted by Gasteiger charge is 2.06. The highest BCUT2D eigenvalue weighted by Crippen LogP contribution is 2.15. The molecule has 2 aromatic rings. The molecule has 0 radical (unpaired) electrons. The first-order valence-corrected chi connectivity index (χ1v) is 7.73. The Bertz CT molecular complexity index is 755. The van der Waals surface area contributed by atoms with E-state index in [9.17, 15) is 14.0 Å². The smallest absolute Gasteiger partial charge is 0.234 e. The molecule has 2 amide bonds. The summed E-state index contributed by atoms with van der Waals surface area (Å²) in [5.41, 5.74) is 7.09. The summed E-state index contributed by atoms with van der Waals surface area (Å²) in [7, 11) is 3.06. The van der Waals surface area contributed by atoms with E-state index in [0.717, 1.165) is 5.69 Å². The van der Waals surface area contributed by atoms with Gasteiger partial charge in [-0.2, -0.15) is 4.98 Å². The van der Waals surface area contributed by atoms with Gasteiger partial charge in [0.1, 0.15) is 11.6 Å². The molecular formula is C17H22FN5O3. The van der Waals surface area contributed by atoms with Gasteiger partial charge in [-0.25, -0.2) is 4.39 Å². The number of amides is 2. The second-order valence-electron chi connectivity index (χ2n) is 5.12. The molecule has 9 heteroatoms. The third-order valence-corrected chi connectivity index (χ3v) is 3.35. The van der Waals surface area contributed by atoms with E-state index in [4.69, 9.17) is 10.5 Å². The van der Waals surface area contributed by atoms with E-state index in [1.54, 1.807) is 6.92 Å². The monoisotopic (exact) mass is 363 g/mol. The van der Waals surface area contributed by atoms with Gasteiger partial charge in [-0.15, -0.1) is 0 Å². The van der Waals surface area contributed by atoms with Crippen LogP contribution >= 0.6 is 0 Å². The molecular weight excluding hydrogens is 341 g/mol. The minimum Gasteiger partial charge on any atom is -0.480 e. The third kappa shape index (κ3) is 6.71. The van der Waals surface area contributed by atoms with Crippen LogP contribution in [0.4, 0.5) is 15.9 Å². The topological polar surface area (TPSA) is 119 Å². The number of nitrogens with one attached hydrogen (secondary N) is 2. The van der Waals surface area contributed by atoms with Crippen molar-refractivity contribution in [1.29, 1.82) is 0 Å². The average molecular weight is 363 g/mol. The van der Waals surface area contributed by atoms with E-state index in [1.807, 2.05) is 0 Å². The fraction of sp³-hybridized carbons (Fsp3) is 0.294. The molecule has 26 heavy (non-hydrogen) atoms. The lowest BCUT2D eigenvalue weighted by Crippen LogP contribution is -2.18. The Kier molecular flexibility index (Phi) is 8.48. The van der Waals surface area contributed by atoms with E-state index in [1.165, 1.54) is 38.6 Å². The van der Waals surface area contributed by atoms with Gasteiger partial charge in [0.05, 0.1) is 19.0 Å². The average Bonchev–Trinajstić information content (AvgIpc) is 2.64. The summed E-state index contributed by atoms with van der Waals surface area (Å²) in [6, 6.07) is 4.25. The Balaban J connectivity index is 0.000000289. The number of benzene rings is 1. The van der Waals surface area contributed by atoms with Crippen LogP contribution in [0.2, 0.25) is 0 Å². The van der Waals surface area contributed by atoms with Crippen molar-refractivity contribution in [1.82, 2.24) is 15.3 Å². The lowest BCUT2D eigenvalue weighted by molar-refractivity contribution is -0.120. The van der Waals surface area contributed by atoms with Crippen LogP contribution in [0.3, 0.4) is 0 Å². The molecule has 8 nitrogen and oxygen atoms in total. The summed E-state index contributed by atoms with van der Waals surface area (Å²) >= 11 is 0. The summed E-state index contributed by atoms with van der Waals surface area (Å²) in [5, 5.41) is 4.89. The molecule has 2 rings (SSSR count). The molecule has 0 atom stereocenters. The maximum atomic E-state index is 13.3. The van der Waals surface area contributed by atoms with Crippen LogP contribution in [-0.2, 0) is 16.0 Å². The Morgan fingerprint density at radius 2 is 2.15 bits per heavy atom. The van der Waals surface area contributed by atoms with Gasteiger partial charge in [0, 0.05) is 19.2 Å². The first-order valence-electron chi connectivity index (χ1n) is 7.73. The molecule has 4 N–H and O–H groups in total. The van der Waals surface area contributed by atoms with Crippen molar-refractivity contribution in [3.63, 3.8) is 0 Å². The standard InChI is InChI=1S/C11H13FN2O2.C6H9N3O/c1-13-11(16)5-2-8-6-9(14-7-15)3-4-10(8)12;1-4-6(7)9-5(10-2)3-8-4/h3-4,6-7H,2,5H2,1H3,(H,13,16)(H,14,15);3H,1-2H3,(H2,7,9). The van der Waals surface area contributed by atoms with Gasteiger partial charge in [-0.05, 0) is 37.1 Å². The number of nitrogens with two attached hydrogens (primary N) is 1. The summed E-state index contributed by atoms with van der Waals surface area (Å²) < 4.78 is 18.1. The number of ether oxygens (including phenoxy) is 1. The predicted octanol–water partition coefficient (Wildman–Crippen LogP) is 1.45. The molecule has 0 saturated carbocycles. The zero-order valence-electron chi connectivity index (χ0n) is 14.9. The minimum atomic E-state index is -0.375. The van der Waals surface area contributed by atoms with Crippen LogP contribution in [-0.4, -0.2) is 36.4 Å². The van der Waals surface area contributed by atoms with Crippen LogP contribution in [0.15, 0.2) is 24.4 Å². The Morgan fingerprint density at radius 3 is 2.73 bits per heavy atom. The molecule has 0 aliphatic carbocycles. The fourth-order valence-electron chi connectivity index (χ4n) is 1.84. The first-order chi connectivity index (χ1) is 12.4. The summed E-state index contributed by atoms with van der Waals surface area (Å²) in [6.45, 7) is 1.79. The van der Waals surface area contributed by atoms with E-state index < -0.39 is 0 Å². The molecule has 1 aromatic heterocycles. The van der Waals surface area contributed by atoms with Gasteiger partial charge >= 0.3 is 0 Å². The quantitative estimate of drug-likeness (QED) is 0.668. The molecule has 0 unspecified atom stereocenters. The van der Waals surface area contributed by atoms with Crippen molar-refractivity contribution in [3.05, 3.63) is 41.5 Å². The SMILES string of the molecule is CNC(=O)CCc1cc(NC=O)ccc1F.COc1cnc(C)c(N)n1. The number of carbonyl (C=O) groups excluding carboxylic acids is 2. The molecule has 0 aliphatic rings. The van der Waals surface area contributed by atoms with E-state index in [-0.39, 0.29) is 18.1 Å². The molecule has 0 fully saturated rings. The first kappa shape index (κ1) is 20.8. The lowest BCUT2D eigenvalue weighted by Gasteiger charge is -2.05. The van der Waals surface area contributed by atoms with Crippen molar-refractivity contribution in [3.8, 4) is 5.88 Å². The van der Waals surface area contributed by atoms with Crippen LogP contribution in [0.1, 0.15) is 17.7 Å². The van der Waals surface area contributed by atoms with Crippen LogP contribution in [0.25, 0.3) is 0 Å². The summed E-state index contributed by atoms with van der Waals surface area (Å²) in [4.78, 5) is 29.0. The number of rotatable bonds is 6. The van der Waals surface area contributed by atoms with Crippen LogP contribution in [0.5, 0.6) is 5.88 Å². The van der Waals surface area contributed by atoms with Gasteiger partial charge in [0.15, 0.2) is 0 Å². The lowest BCUT2D eigenvalue weighted by atomic mass is 10.1. The number of methoxy groups -OCH3 is 1. The maximum Gasteiger partial charge on any atom is 0.234 e. The number of aromatic nitrogens is 2. The van der Waals surface area contributed by atoms with Crippen LogP contribution in [0, 0.1) is 12.7 Å². The molecule has 0 aliphatic heterocycles. The number of nitrogens with zero attached hydrogens (tertiary/aromatic N) is 2. The molecule has 0 saturated heterocycles. The zero-order valence-corrected chi connectivity index (χ0v) is 14.9. The second kappa shape index (κ2) is 10.6. The number of nitrogen functional groups attached to an aromatic ring is 1. The molecule has 140 valence electrons. The Morgan fingerprint density at radius 1 is 1.42 bits per heavy atom. The number of aryl methyl sites for hydroxylation is 2. The number of carbonyl (C=O) groups is 2. The molecule has 1 heterocycles. The van der Waals surface area contributed by atoms with Gasteiger partial charge in [-0.1, -0.05) is 0 Å².